The normalized spacial score (nSPS) is 15.0. The number of para-hydroxylation sites is 1. The van der Waals surface area contributed by atoms with Gasteiger partial charge in [-0.05, 0) is 36.4 Å². The molecule has 132 valence electrons. The van der Waals surface area contributed by atoms with E-state index in [1.54, 1.807) is 30.3 Å². The highest BCUT2D eigenvalue weighted by atomic mass is 32.2. The molecule has 0 bridgehead atoms. The Bertz CT molecular complexity index is 898. The SMILES string of the molecule is O=C(COc1ccccc1/C=C1\SC(=S)NC1=O)Nc1ccc(F)cc1. The van der Waals surface area contributed by atoms with Crippen molar-refractivity contribution in [2.75, 3.05) is 11.9 Å². The Morgan fingerprint density at radius 2 is 1.96 bits per heavy atom. The molecule has 0 atom stereocenters. The lowest BCUT2D eigenvalue weighted by atomic mass is 10.2. The van der Waals surface area contributed by atoms with Gasteiger partial charge in [0.1, 0.15) is 15.9 Å². The Labute approximate surface area is 158 Å². The van der Waals surface area contributed by atoms with Crippen LogP contribution in [-0.4, -0.2) is 22.7 Å². The first-order valence-corrected chi connectivity index (χ1v) is 8.76. The van der Waals surface area contributed by atoms with Crippen molar-refractivity contribution in [3.05, 3.63) is 64.8 Å². The van der Waals surface area contributed by atoms with E-state index in [1.807, 2.05) is 0 Å². The Hall–Kier alpha value is -2.71. The van der Waals surface area contributed by atoms with Crippen molar-refractivity contribution in [1.82, 2.24) is 5.32 Å². The first-order valence-electron chi connectivity index (χ1n) is 7.53. The minimum Gasteiger partial charge on any atom is -0.483 e. The first kappa shape index (κ1) is 18.1. The summed E-state index contributed by atoms with van der Waals surface area (Å²) in [6, 6.07) is 12.5. The number of carbonyl (C=O) groups is 2. The third-order valence-electron chi connectivity index (χ3n) is 3.33. The Morgan fingerprint density at radius 3 is 2.65 bits per heavy atom. The predicted octanol–water partition coefficient (Wildman–Crippen LogP) is 3.33. The minimum absolute atomic E-state index is 0.227. The predicted molar refractivity (Wildman–Crippen MR) is 103 cm³/mol. The third-order valence-corrected chi connectivity index (χ3v) is 4.50. The maximum absolute atomic E-state index is 12.9. The summed E-state index contributed by atoms with van der Waals surface area (Å²) in [4.78, 5) is 24.2. The summed E-state index contributed by atoms with van der Waals surface area (Å²) in [5.41, 5.74) is 1.13. The van der Waals surface area contributed by atoms with Crippen LogP contribution in [0.3, 0.4) is 0 Å². The van der Waals surface area contributed by atoms with Crippen molar-refractivity contribution in [1.29, 1.82) is 0 Å². The molecule has 0 unspecified atom stereocenters. The molecule has 1 saturated heterocycles. The lowest BCUT2D eigenvalue weighted by Crippen LogP contribution is -2.20. The number of halogens is 1. The summed E-state index contributed by atoms with van der Waals surface area (Å²) in [6.07, 6.45) is 1.66. The highest BCUT2D eigenvalue weighted by molar-refractivity contribution is 8.26. The van der Waals surface area contributed by atoms with Crippen molar-refractivity contribution in [3.8, 4) is 5.75 Å². The van der Waals surface area contributed by atoms with E-state index < -0.39 is 0 Å². The monoisotopic (exact) mass is 388 g/mol. The molecule has 8 heteroatoms. The first-order chi connectivity index (χ1) is 12.5. The van der Waals surface area contributed by atoms with Gasteiger partial charge in [0.05, 0.1) is 4.91 Å². The summed E-state index contributed by atoms with van der Waals surface area (Å²) < 4.78 is 18.8. The third kappa shape index (κ3) is 4.68. The number of anilines is 1. The zero-order chi connectivity index (χ0) is 18.5. The Kier molecular flexibility index (Phi) is 5.65. The lowest BCUT2D eigenvalue weighted by Gasteiger charge is -2.10. The molecule has 3 rings (SSSR count). The average Bonchev–Trinajstić information content (AvgIpc) is 2.93. The number of benzene rings is 2. The van der Waals surface area contributed by atoms with Gasteiger partial charge >= 0.3 is 0 Å². The van der Waals surface area contributed by atoms with Gasteiger partial charge in [0.25, 0.3) is 11.8 Å². The fraction of sp³-hybridized carbons (Fsp3) is 0.0556. The van der Waals surface area contributed by atoms with Crippen LogP contribution < -0.4 is 15.4 Å². The summed E-state index contributed by atoms with van der Waals surface area (Å²) >= 11 is 6.13. The average molecular weight is 388 g/mol. The van der Waals surface area contributed by atoms with Gasteiger partial charge in [0.2, 0.25) is 0 Å². The van der Waals surface area contributed by atoms with Gasteiger partial charge < -0.3 is 15.4 Å². The van der Waals surface area contributed by atoms with Crippen LogP contribution >= 0.6 is 24.0 Å². The van der Waals surface area contributed by atoms with Gasteiger partial charge in [-0.3, -0.25) is 9.59 Å². The van der Waals surface area contributed by atoms with E-state index in [0.717, 1.165) is 0 Å². The Morgan fingerprint density at radius 1 is 1.23 bits per heavy atom. The molecule has 1 heterocycles. The molecule has 2 amide bonds. The fourth-order valence-corrected chi connectivity index (χ4v) is 3.20. The van der Waals surface area contributed by atoms with Gasteiger partial charge in [0, 0.05) is 11.3 Å². The van der Waals surface area contributed by atoms with E-state index in [4.69, 9.17) is 17.0 Å². The van der Waals surface area contributed by atoms with Crippen molar-refractivity contribution < 1.29 is 18.7 Å². The van der Waals surface area contributed by atoms with Crippen LogP contribution in [0.5, 0.6) is 5.75 Å². The van der Waals surface area contributed by atoms with Crippen LogP contribution in [0.2, 0.25) is 0 Å². The maximum atomic E-state index is 12.9. The number of hydrogen-bond donors (Lipinski definition) is 2. The number of ether oxygens (including phenoxy) is 1. The zero-order valence-electron chi connectivity index (χ0n) is 13.3. The molecule has 2 aromatic rings. The second-order valence-corrected chi connectivity index (χ2v) is 6.95. The van der Waals surface area contributed by atoms with Crippen molar-refractivity contribution in [2.45, 2.75) is 0 Å². The smallest absolute Gasteiger partial charge is 0.263 e. The summed E-state index contributed by atoms with van der Waals surface area (Å²) in [5.74, 6) is -0.563. The van der Waals surface area contributed by atoms with Crippen LogP contribution in [0.1, 0.15) is 5.56 Å². The van der Waals surface area contributed by atoms with E-state index in [0.29, 0.717) is 26.2 Å². The van der Waals surface area contributed by atoms with E-state index in [1.165, 1.54) is 36.0 Å². The van der Waals surface area contributed by atoms with Gasteiger partial charge in [-0.25, -0.2) is 4.39 Å². The second-order valence-electron chi connectivity index (χ2n) is 5.23. The number of rotatable bonds is 5. The van der Waals surface area contributed by atoms with Gasteiger partial charge in [-0.15, -0.1) is 0 Å². The molecule has 2 N–H and O–H groups in total. The van der Waals surface area contributed by atoms with E-state index >= 15 is 0 Å². The topological polar surface area (TPSA) is 67.4 Å². The maximum Gasteiger partial charge on any atom is 0.263 e. The number of nitrogens with one attached hydrogen (secondary N) is 2. The fourth-order valence-electron chi connectivity index (χ4n) is 2.17. The van der Waals surface area contributed by atoms with Gasteiger partial charge in [-0.1, -0.05) is 42.2 Å². The molecule has 5 nitrogen and oxygen atoms in total. The van der Waals surface area contributed by atoms with Gasteiger partial charge in [0.15, 0.2) is 6.61 Å². The molecule has 1 fully saturated rings. The quantitative estimate of drug-likeness (QED) is 0.608. The minimum atomic E-state index is -0.381. The molecular formula is C18H13FN2O3S2. The molecule has 1 aliphatic heterocycles. The molecule has 0 saturated carbocycles. The van der Waals surface area contributed by atoms with E-state index in [-0.39, 0.29) is 24.2 Å². The summed E-state index contributed by atoms with van der Waals surface area (Å²) in [6.45, 7) is -0.227. The molecule has 1 aliphatic rings. The molecular weight excluding hydrogens is 375 g/mol. The second kappa shape index (κ2) is 8.11. The van der Waals surface area contributed by atoms with Crippen LogP contribution in [0.15, 0.2) is 53.4 Å². The van der Waals surface area contributed by atoms with E-state index in [9.17, 15) is 14.0 Å². The van der Waals surface area contributed by atoms with Crippen molar-refractivity contribution in [2.24, 2.45) is 0 Å². The Balaban J connectivity index is 1.66. The molecule has 0 spiro atoms. The largest absolute Gasteiger partial charge is 0.483 e. The molecule has 2 aromatic carbocycles. The van der Waals surface area contributed by atoms with Gasteiger partial charge in [-0.2, -0.15) is 0 Å². The lowest BCUT2D eigenvalue weighted by molar-refractivity contribution is -0.118. The molecule has 0 aliphatic carbocycles. The summed E-state index contributed by atoms with van der Waals surface area (Å²) in [5, 5.41) is 5.16. The molecule has 26 heavy (non-hydrogen) atoms. The van der Waals surface area contributed by atoms with Crippen LogP contribution in [0, 0.1) is 5.82 Å². The van der Waals surface area contributed by atoms with E-state index in [2.05, 4.69) is 10.6 Å². The zero-order valence-corrected chi connectivity index (χ0v) is 15.0. The number of hydrogen-bond acceptors (Lipinski definition) is 5. The molecule has 0 radical (unpaired) electrons. The summed E-state index contributed by atoms with van der Waals surface area (Å²) in [7, 11) is 0. The highest BCUT2D eigenvalue weighted by Crippen LogP contribution is 2.29. The number of carbonyl (C=O) groups excluding carboxylic acids is 2. The standard InChI is InChI=1S/C18H13FN2O3S2/c19-12-5-7-13(8-6-12)20-16(22)10-24-14-4-2-1-3-11(14)9-15-17(23)21-18(25)26-15/h1-9H,10H2,(H,20,22)(H,21,23,25)/b15-9-. The number of thioether (sulfide) groups is 1. The number of amides is 2. The molecule has 0 aromatic heterocycles. The van der Waals surface area contributed by atoms with Crippen LogP contribution in [0.25, 0.3) is 6.08 Å². The van der Waals surface area contributed by atoms with Crippen molar-refractivity contribution in [3.63, 3.8) is 0 Å². The highest BCUT2D eigenvalue weighted by Gasteiger charge is 2.22. The number of thiocarbonyl (C=S) groups is 1. The van der Waals surface area contributed by atoms with Crippen LogP contribution in [-0.2, 0) is 9.59 Å². The van der Waals surface area contributed by atoms with Crippen molar-refractivity contribution >= 4 is 51.9 Å². The van der Waals surface area contributed by atoms with Crippen LogP contribution in [0.4, 0.5) is 10.1 Å².